The molecule has 1 aromatic heterocycles. The van der Waals surface area contributed by atoms with Crippen molar-refractivity contribution in [1.82, 2.24) is 20.6 Å². The highest BCUT2D eigenvalue weighted by Gasteiger charge is 2.25. The first-order chi connectivity index (χ1) is 12.0. The number of aromatic nitrogens is 4. The highest BCUT2D eigenvalue weighted by molar-refractivity contribution is 5.96. The summed E-state index contributed by atoms with van der Waals surface area (Å²) in [6, 6.07) is 14.0. The molecule has 2 aromatic carbocycles. The molecule has 6 heteroatoms. The molecule has 1 heterocycles. The SMILES string of the molecule is Cc1cccc(C[C@H](C(=O)Nc2ccc(C)cc2C)c2nn[nH]n2)c1. The number of anilines is 1. The number of benzene rings is 2. The lowest BCUT2D eigenvalue weighted by atomic mass is 9.96. The number of H-pyrrole nitrogens is 1. The van der Waals surface area contributed by atoms with E-state index in [1.807, 2.05) is 57.2 Å². The first-order valence-corrected chi connectivity index (χ1v) is 8.20. The summed E-state index contributed by atoms with van der Waals surface area (Å²) in [4.78, 5) is 12.9. The van der Waals surface area contributed by atoms with Crippen LogP contribution in [0.3, 0.4) is 0 Å². The Balaban J connectivity index is 1.85. The van der Waals surface area contributed by atoms with Crippen molar-refractivity contribution in [3.63, 3.8) is 0 Å². The van der Waals surface area contributed by atoms with Crippen LogP contribution in [-0.4, -0.2) is 26.5 Å². The van der Waals surface area contributed by atoms with E-state index in [1.165, 1.54) is 0 Å². The van der Waals surface area contributed by atoms with Gasteiger partial charge >= 0.3 is 0 Å². The van der Waals surface area contributed by atoms with Crippen LogP contribution < -0.4 is 5.32 Å². The van der Waals surface area contributed by atoms with Crippen molar-refractivity contribution in [1.29, 1.82) is 0 Å². The molecule has 0 radical (unpaired) electrons. The van der Waals surface area contributed by atoms with Gasteiger partial charge in [0, 0.05) is 5.69 Å². The highest BCUT2D eigenvalue weighted by atomic mass is 16.1. The number of aryl methyl sites for hydroxylation is 3. The Morgan fingerprint density at radius 1 is 1.12 bits per heavy atom. The van der Waals surface area contributed by atoms with Crippen LogP contribution in [0.5, 0.6) is 0 Å². The molecule has 0 aliphatic heterocycles. The summed E-state index contributed by atoms with van der Waals surface area (Å²) in [7, 11) is 0. The fourth-order valence-corrected chi connectivity index (χ4v) is 2.87. The first-order valence-electron chi connectivity index (χ1n) is 8.20. The second kappa shape index (κ2) is 7.25. The average Bonchev–Trinajstić information content (AvgIpc) is 3.09. The zero-order valence-corrected chi connectivity index (χ0v) is 14.6. The number of hydrogen-bond donors (Lipinski definition) is 2. The van der Waals surface area contributed by atoms with Crippen molar-refractivity contribution in [2.45, 2.75) is 33.1 Å². The van der Waals surface area contributed by atoms with Crippen LogP contribution in [0.1, 0.15) is 34.0 Å². The zero-order chi connectivity index (χ0) is 17.8. The highest BCUT2D eigenvalue weighted by Crippen LogP contribution is 2.22. The second-order valence-corrected chi connectivity index (χ2v) is 6.32. The molecule has 1 amide bonds. The molecule has 0 aliphatic carbocycles. The van der Waals surface area contributed by atoms with Gasteiger partial charge in [-0.15, -0.1) is 10.2 Å². The molecule has 6 nitrogen and oxygen atoms in total. The summed E-state index contributed by atoms with van der Waals surface area (Å²) in [5, 5.41) is 17.1. The summed E-state index contributed by atoms with van der Waals surface area (Å²) in [5.74, 6) is -0.264. The van der Waals surface area contributed by atoms with Gasteiger partial charge in [0.15, 0.2) is 5.82 Å². The van der Waals surface area contributed by atoms with Crippen molar-refractivity contribution in [3.8, 4) is 0 Å². The monoisotopic (exact) mass is 335 g/mol. The van der Waals surface area contributed by atoms with Gasteiger partial charge in [-0.2, -0.15) is 5.21 Å². The smallest absolute Gasteiger partial charge is 0.235 e. The predicted octanol–water partition coefficient (Wildman–Crippen LogP) is 3.09. The van der Waals surface area contributed by atoms with Gasteiger partial charge in [0.25, 0.3) is 0 Å². The second-order valence-electron chi connectivity index (χ2n) is 6.32. The van der Waals surface area contributed by atoms with Crippen LogP contribution in [0.15, 0.2) is 42.5 Å². The summed E-state index contributed by atoms with van der Waals surface area (Å²) in [5.41, 5.74) is 5.19. The standard InChI is InChI=1S/C19H21N5O/c1-12-5-4-6-15(10-12)11-16(18-21-23-24-22-18)19(25)20-17-8-7-13(2)9-14(17)3/h4-10,16H,11H2,1-3H3,(H,20,25)(H,21,22,23,24)/t16-/m0/s1. The molecule has 25 heavy (non-hydrogen) atoms. The molecular weight excluding hydrogens is 314 g/mol. The normalized spacial score (nSPS) is 12.0. The molecule has 0 saturated heterocycles. The number of nitrogens with zero attached hydrogens (tertiary/aromatic N) is 3. The van der Waals surface area contributed by atoms with Crippen LogP contribution >= 0.6 is 0 Å². The van der Waals surface area contributed by atoms with Crippen molar-refractivity contribution in [2.24, 2.45) is 0 Å². The van der Waals surface area contributed by atoms with E-state index >= 15 is 0 Å². The van der Waals surface area contributed by atoms with Crippen LogP contribution in [0, 0.1) is 20.8 Å². The van der Waals surface area contributed by atoms with Crippen LogP contribution in [0.25, 0.3) is 0 Å². The number of nitrogens with one attached hydrogen (secondary N) is 2. The lowest BCUT2D eigenvalue weighted by Gasteiger charge is -2.15. The van der Waals surface area contributed by atoms with Gasteiger partial charge < -0.3 is 5.32 Å². The van der Waals surface area contributed by atoms with Gasteiger partial charge in [0.05, 0.1) is 0 Å². The largest absolute Gasteiger partial charge is 0.325 e. The van der Waals surface area contributed by atoms with E-state index in [0.29, 0.717) is 12.2 Å². The van der Waals surface area contributed by atoms with E-state index in [9.17, 15) is 4.79 Å². The summed E-state index contributed by atoms with van der Waals surface area (Å²) < 4.78 is 0. The molecule has 0 fully saturated rings. The number of hydrogen-bond acceptors (Lipinski definition) is 4. The van der Waals surface area contributed by atoms with Gasteiger partial charge in [0.1, 0.15) is 5.92 Å². The Morgan fingerprint density at radius 2 is 1.92 bits per heavy atom. The molecule has 0 aliphatic rings. The maximum Gasteiger partial charge on any atom is 0.235 e. The molecule has 0 spiro atoms. The zero-order valence-electron chi connectivity index (χ0n) is 14.6. The van der Waals surface area contributed by atoms with Crippen molar-refractivity contribution in [3.05, 3.63) is 70.5 Å². The summed E-state index contributed by atoms with van der Waals surface area (Å²) in [6.45, 7) is 6.04. The quantitative estimate of drug-likeness (QED) is 0.750. The van der Waals surface area contributed by atoms with E-state index in [0.717, 1.165) is 27.9 Å². The van der Waals surface area contributed by atoms with Gasteiger partial charge in [-0.05, 0) is 44.4 Å². The number of amides is 1. The topological polar surface area (TPSA) is 83.6 Å². The molecule has 128 valence electrons. The maximum absolute atomic E-state index is 12.9. The molecule has 0 bridgehead atoms. The molecule has 2 N–H and O–H groups in total. The van der Waals surface area contributed by atoms with Gasteiger partial charge in [-0.1, -0.05) is 52.7 Å². The lowest BCUT2D eigenvalue weighted by molar-refractivity contribution is -0.117. The Bertz CT molecular complexity index is 873. The third kappa shape index (κ3) is 4.09. The molecule has 3 rings (SSSR count). The van der Waals surface area contributed by atoms with E-state index in [2.05, 4.69) is 32.0 Å². The summed E-state index contributed by atoms with van der Waals surface area (Å²) >= 11 is 0. The van der Waals surface area contributed by atoms with E-state index in [4.69, 9.17) is 0 Å². The minimum Gasteiger partial charge on any atom is -0.325 e. The van der Waals surface area contributed by atoms with Crippen LogP contribution in [0.4, 0.5) is 5.69 Å². The minimum absolute atomic E-state index is 0.144. The van der Waals surface area contributed by atoms with E-state index in [1.54, 1.807) is 0 Å². The molecule has 0 unspecified atom stereocenters. The number of rotatable bonds is 5. The van der Waals surface area contributed by atoms with E-state index in [-0.39, 0.29) is 5.91 Å². The fourth-order valence-electron chi connectivity index (χ4n) is 2.87. The van der Waals surface area contributed by atoms with Crippen LogP contribution in [-0.2, 0) is 11.2 Å². The third-order valence-electron chi connectivity index (χ3n) is 4.15. The maximum atomic E-state index is 12.9. The molecule has 1 atom stereocenters. The van der Waals surface area contributed by atoms with E-state index < -0.39 is 5.92 Å². The first kappa shape index (κ1) is 16.8. The fraction of sp³-hybridized carbons (Fsp3) is 0.263. The van der Waals surface area contributed by atoms with Crippen molar-refractivity contribution in [2.75, 3.05) is 5.32 Å². The molecule has 3 aromatic rings. The van der Waals surface area contributed by atoms with Gasteiger partial charge in [0.2, 0.25) is 5.91 Å². The molecule has 0 saturated carbocycles. The number of carbonyl (C=O) groups excluding carboxylic acids is 1. The Hall–Kier alpha value is -3.02. The van der Waals surface area contributed by atoms with Gasteiger partial charge in [-0.3, -0.25) is 4.79 Å². The Morgan fingerprint density at radius 3 is 2.60 bits per heavy atom. The van der Waals surface area contributed by atoms with Crippen molar-refractivity contribution >= 4 is 11.6 Å². The predicted molar refractivity (Wildman–Crippen MR) is 96.3 cm³/mol. The summed E-state index contributed by atoms with van der Waals surface area (Å²) in [6.07, 6.45) is 0.512. The molecular formula is C19H21N5O. The van der Waals surface area contributed by atoms with Gasteiger partial charge in [-0.25, -0.2) is 0 Å². The number of aromatic amines is 1. The Kier molecular flexibility index (Phi) is 4.88. The average molecular weight is 335 g/mol. The number of tetrazole rings is 1. The number of carbonyl (C=O) groups is 1. The Labute approximate surface area is 146 Å². The lowest BCUT2D eigenvalue weighted by Crippen LogP contribution is -2.24. The third-order valence-corrected chi connectivity index (χ3v) is 4.15. The minimum atomic E-state index is -0.513. The van der Waals surface area contributed by atoms with Crippen LogP contribution in [0.2, 0.25) is 0 Å². The van der Waals surface area contributed by atoms with Crippen molar-refractivity contribution < 1.29 is 4.79 Å².